The molecule has 27 heavy (non-hydrogen) atoms. The first-order chi connectivity index (χ1) is 13.0. The van der Waals surface area contributed by atoms with Gasteiger partial charge in [0.25, 0.3) is 5.56 Å². The number of fused-ring (bicyclic) bond motifs is 1. The molecule has 0 radical (unpaired) electrons. The second-order valence-corrected chi connectivity index (χ2v) is 7.43. The fourth-order valence-electron chi connectivity index (χ4n) is 3.24. The summed E-state index contributed by atoms with van der Waals surface area (Å²) in [4.78, 5) is 32.7. The fourth-order valence-corrected chi connectivity index (χ4v) is 4.19. The van der Waals surface area contributed by atoms with Crippen molar-refractivity contribution in [3.05, 3.63) is 62.1 Å². The highest BCUT2D eigenvalue weighted by Crippen LogP contribution is 2.39. The van der Waals surface area contributed by atoms with Crippen molar-refractivity contribution >= 4 is 22.4 Å². The van der Waals surface area contributed by atoms with Crippen molar-refractivity contribution in [1.29, 1.82) is 0 Å². The number of aromatic nitrogens is 3. The first-order valence-electron chi connectivity index (χ1n) is 8.62. The topological polar surface area (TPSA) is 79.9 Å². The van der Waals surface area contributed by atoms with Gasteiger partial charge >= 0.3 is 5.69 Å². The summed E-state index contributed by atoms with van der Waals surface area (Å²) in [5.74, 6) is 0.742. The van der Waals surface area contributed by atoms with Gasteiger partial charge in [-0.2, -0.15) is 0 Å². The van der Waals surface area contributed by atoms with E-state index in [2.05, 4.69) is 23.0 Å². The van der Waals surface area contributed by atoms with Crippen LogP contribution in [0.4, 0.5) is 0 Å². The molecule has 0 saturated heterocycles. The number of rotatable bonds is 4. The van der Waals surface area contributed by atoms with Gasteiger partial charge in [0.05, 0.1) is 23.1 Å². The zero-order valence-corrected chi connectivity index (χ0v) is 16.1. The Morgan fingerprint density at radius 3 is 2.44 bits per heavy atom. The molecule has 0 amide bonds. The molecule has 0 saturated carbocycles. The standard InChI is InChI=1S/C20H19N3O3S/c1-4-13-9-10-14(27-13)17-15(11-5-7-12(26-3)8-6-11)16-18(21-17)23(2)20(25)22-19(16)24/h5-10,21H,4H2,1-3H3,(H,22,24,25). The monoisotopic (exact) mass is 381 g/mol. The number of aryl methyl sites for hydroxylation is 2. The normalized spacial score (nSPS) is 11.2. The zero-order valence-electron chi connectivity index (χ0n) is 15.3. The molecule has 0 aliphatic rings. The van der Waals surface area contributed by atoms with Crippen molar-refractivity contribution < 1.29 is 4.74 Å². The van der Waals surface area contributed by atoms with Crippen LogP contribution in [0.2, 0.25) is 0 Å². The predicted octanol–water partition coefficient (Wildman–Crippen LogP) is 3.52. The van der Waals surface area contributed by atoms with Crippen LogP contribution in [-0.4, -0.2) is 21.6 Å². The number of ether oxygens (including phenoxy) is 1. The first-order valence-corrected chi connectivity index (χ1v) is 9.43. The lowest BCUT2D eigenvalue weighted by atomic mass is 10.0. The summed E-state index contributed by atoms with van der Waals surface area (Å²) < 4.78 is 6.68. The molecule has 0 unspecified atom stereocenters. The minimum atomic E-state index is -0.443. The lowest BCUT2D eigenvalue weighted by Crippen LogP contribution is -2.28. The molecule has 0 fully saturated rings. The van der Waals surface area contributed by atoms with Crippen molar-refractivity contribution in [2.45, 2.75) is 13.3 Å². The minimum absolute atomic E-state index is 0.395. The minimum Gasteiger partial charge on any atom is -0.497 e. The number of thiophene rings is 1. The number of hydrogen-bond acceptors (Lipinski definition) is 4. The quantitative estimate of drug-likeness (QED) is 0.568. The smallest absolute Gasteiger partial charge is 0.329 e. The highest BCUT2D eigenvalue weighted by atomic mass is 32.1. The maximum atomic E-state index is 12.7. The van der Waals surface area contributed by atoms with Gasteiger partial charge in [-0.25, -0.2) is 4.79 Å². The van der Waals surface area contributed by atoms with Gasteiger partial charge in [0.15, 0.2) is 0 Å². The van der Waals surface area contributed by atoms with E-state index in [-0.39, 0.29) is 0 Å². The van der Waals surface area contributed by atoms with Crippen molar-refractivity contribution in [3.8, 4) is 27.4 Å². The molecular weight excluding hydrogens is 362 g/mol. The number of methoxy groups -OCH3 is 1. The van der Waals surface area contributed by atoms with Gasteiger partial charge in [0.1, 0.15) is 11.4 Å². The van der Waals surface area contributed by atoms with Gasteiger partial charge in [-0.15, -0.1) is 11.3 Å². The third kappa shape index (κ3) is 2.80. The van der Waals surface area contributed by atoms with E-state index in [4.69, 9.17) is 4.74 Å². The molecule has 7 heteroatoms. The first kappa shape index (κ1) is 17.4. The number of H-pyrrole nitrogens is 2. The second-order valence-electron chi connectivity index (χ2n) is 6.26. The SMILES string of the molecule is CCc1ccc(-c2[nH]c3c(c2-c2ccc(OC)cc2)c(=O)[nH]c(=O)n3C)s1. The van der Waals surface area contributed by atoms with Gasteiger partial charge < -0.3 is 9.72 Å². The van der Waals surface area contributed by atoms with Crippen molar-refractivity contribution in [2.75, 3.05) is 7.11 Å². The van der Waals surface area contributed by atoms with Crippen molar-refractivity contribution in [3.63, 3.8) is 0 Å². The highest BCUT2D eigenvalue weighted by molar-refractivity contribution is 7.15. The molecule has 3 aromatic heterocycles. The molecule has 0 spiro atoms. The van der Waals surface area contributed by atoms with E-state index in [9.17, 15) is 9.59 Å². The number of nitrogens with one attached hydrogen (secondary N) is 2. The van der Waals surface area contributed by atoms with Gasteiger partial charge in [0.2, 0.25) is 0 Å². The van der Waals surface area contributed by atoms with Crippen LogP contribution in [0.5, 0.6) is 5.75 Å². The molecule has 1 aromatic carbocycles. The molecule has 0 bridgehead atoms. The Hall–Kier alpha value is -3.06. The fraction of sp³-hybridized carbons (Fsp3) is 0.200. The van der Waals surface area contributed by atoms with Gasteiger partial charge in [-0.05, 0) is 36.2 Å². The number of aromatic amines is 2. The average Bonchev–Trinajstić information content (AvgIpc) is 3.31. The summed E-state index contributed by atoms with van der Waals surface area (Å²) >= 11 is 1.68. The number of benzene rings is 1. The third-order valence-corrected chi connectivity index (χ3v) is 5.95. The summed E-state index contributed by atoms with van der Waals surface area (Å²) in [7, 11) is 3.26. The lowest BCUT2D eigenvalue weighted by Gasteiger charge is -2.05. The van der Waals surface area contributed by atoms with Crippen molar-refractivity contribution in [1.82, 2.24) is 14.5 Å². The van der Waals surface area contributed by atoms with E-state index in [0.29, 0.717) is 11.0 Å². The molecule has 138 valence electrons. The van der Waals surface area contributed by atoms with Gasteiger partial charge in [-0.1, -0.05) is 19.1 Å². The summed E-state index contributed by atoms with van der Waals surface area (Å²) in [5, 5.41) is 0.476. The van der Waals surface area contributed by atoms with Crippen LogP contribution in [0, 0.1) is 0 Å². The molecule has 0 atom stereocenters. The average molecular weight is 381 g/mol. The summed E-state index contributed by atoms with van der Waals surface area (Å²) in [6.45, 7) is 2.11. The molecule has 3 heterocycles. The summed E-state index contributed by atoms with van der Waals surface area (Å²) in [6.07, 6.45) is 0.946. The molecule has 6 nitrogen and oxygen atoms in total. The summed E-state index contributed by atoms with van der Waals surface area (Å²) in [6, 6.07) is 11.7. The molecule has 4 rings (SSSR count). The van der Waals surface area contributed by atoms with E-state index in [1.54, 1.807) is 25.5 Å². The zero-order chi connectivity index (χ0) is 19.1. The van der Waals surface area contributed by atoms with E-state index in [1.807, 2.05) is 30.3 Å². The summed E-state index contributed by atoms with van der Waals surface area (Å²) in [5.41, 5.74) is 2.18. The van der Waals surface area contributed by atoms with Gasteiger partial charge in [0, 0.05) is 17.5 Å². The predicted molar refractivity (Wildman–Crippen MR) is 109 cm³/mol. The maximum Gasteiger partial charge on any atom is 0.329 e. The number of hydrogen-bond donors (Lipinski definition) is 2. The van der Waals surface area contributed by atoms with E-state index in [0.717, 1.165) is 33.9 Å². The Labute approximate surface area is 159 Å². The number of nitrogens with zero attached hydrogens (tertiary/aromatic N) is 1. The van der Waals surface area contributed by atoms with Crippen LogP contribution in [-0.2, 0) is 13.5 Å². The van der Waals surface area contributed by atoms with Crippen molar-refractivity contribution in [2.24, 2.45) is 7.05 Å². The Balaban J connectivity index is 2.09. The Bertz CT molecular complexity index is 1240. The van der Waals surface area contributed by atoms with Crippen LogP contribution >= 0.6 is 11.3 Å². The Morgan fingerprint density at radius 1 is 1.07 bits per heavy atom. The van der Waals surface area contributed by atoms with E-state index >= 15 is 0 Å². The van der Waals surface area contributed by atoms with Crippen LogP contribution in [0.15, 0.2) is 46.0 Å². The lowest BCUT2D eigenvalue weighted by molar-refractivity contribution is 0.415. The third-order valence-electron chi connectivity index (χ3n) is 4.70. The molecule has 2 N–H and O–H groups in total. The molecular formula is C20H19N3O3S. The second kappa shape index (κ2) is 6.59. The van der Waals surface area contributed by atoms with Crippen LogP contribution in [0.25, 0.3) is 32.7 Å². The highest BCUT2D eigenvalue weighted by Gasteiger charge is 2.21. The van der Waals surface area contributed by atoms with Crippen LogP contribution in [0.1, 0.15) is 11.8 Å². The molecule has 4 aromatic rings. The Morgan fingerprint density at radius 2 is 1.81 bits per heavy atom. The van der Waals surface area contributed by atoms with E-state index in [1.165, 1.54) is 9.44 Å². The van der Waals surface area contributed by atoms with Crippen LogP contribution < -0.4 is 16.0 Å². The van der Waals surface area contributed by atoms with Crippen LogP contribution in [0.3, 0.4) is 0 Å². The Kier molecular flexibility index (Phi) is 4.24. The molecule has 0 aliphatic carbocycles. The largest absolute Gasteiger partial charge is 0.497 e. The van der Waals surface area contributed by atoms with E-state index < -0.39 is 11.2 Å². The molecule has 0 aliphatic heterocycles. The maximum absolute atomic E-state index is 12.7. The van der Waals surface area contributed by atoms with Gasteiger partial charge in [-0.3, -0.25) is 14.3 Å².